The van der Waals surface area contributed by atoms with Gasteiger partial charge in [0, 0.05) is 24.5 Å². The number of hydrogen-bond acceptors (Lipinski definition) is 5. The first-order valence-corrected chi connectivity index (χ1v) is 9.83. The van der Waals surface area contributed by atoms with Crippen LogP contribution in [0.5, 0.6) is 5.88 Å². The number of nitrogens with zero attached hydrogens (tertiary/aromatic N) is 1. The van der Waals surface area contributed by atoms with Crippen LogP contribution in [0.25, 0.3) is 0 Å². The zero-order valence-corrected chi connectivity index (χ0v) is 17.4. The quantitative estimate of drug-likeness (QED) is 0.533. The van der Waals surface area contributed by atoms with E-state index in [9.17, 15) is 9.59 Å². The molecule has 3 rings (SSSR count). The van der Waals surface area contributed by atoms with Crippen molar-refractivity contribution in [3.63, 3.8) is 0 Å². The molecule has 2 amide bonds. The highest BCUT2D eigenvalue weighted by Crippen LogP contribution is 2.17. The number of aromatic nitrogens is 1. The fourth-order valence-electron chi connectivity index (χ4n) is 2.57. The summed E-state index contributed by atoms with van der Waals surface area (Å²) < 4.78 is 11.1. The Balaban J connectivity index is 1.49. The average molecular weight is 458 g/mol. The van der Waals surface area contributed by atoms with Crippen molar-refractivity contribution in [3.05, 3.63) is 76.3 Å². The molecule has 0 bridgehead atoms. The molecule has 0 fully saturated rings. The molecule has 0 aliphatic rings. The van der Waals surface area contributed by atoms with Gasteiger partial charge in [-0.25, -0.2) is 4.98 Å². The fraction of sp³-hybridized carbons (Fsp3) is 0.190. The largest absolute Gasteiger partial charge is 0.478 e. The van der Waals surface area contributed by atoms with E-state index < -0.39 is 0 Å². The molecule has 2 heterocycles. The molecule has 150 valence electrons. The third kappa shape index (κ3) is 6.18. The Hall–Kier alpha value is -3.13. The van der Waals surface area contributed by atoms with Gasteiger partial charge in [0.05, 0.1) is 13.0 Å². The Kier molecular flexibility index (Phi) is 7.02. The van der Waals surface area contributed by atoms with E-state index in [4.69, 9.17) is 9.15 Å². The van der Waals surface area contributed by atoms with Crippen LogP contribution in [0.2, 0.25) is 0 Å². The number of anilines is 1. The lowest BCUT2D eigenvalue weighted by Gasteiger charge is -2.08. The number of halogens is 1. The summed E-state index contributed by atoms with van der Waals surface area (Å²) in [5.41, 5.74) is 2.37. The van der Waals surface area contributed by atoms with Gasteiger partial charge in [0.15, 0.2) is 10.4 Å². The Morgan fingerprint density at radius 2 is 1.90 bits per heavy atom. The van der Waals surface area contributed by atoms with Crippen LogP contribution in [0, 0.1) is 0 Å². The summed E-state index contributed by atoms with van der Waals surface area (Å²) in [5, 5.41) is 5.62. The minimum absolute atomic E-state index is 0.100. The molecule has 0 radical (unpaired) electrons. The topological polar surface area (TPSA) is 93.5 Å². The van der Waals surface area contributed by atoms with E-state index in [1.807, 2.05) is 13.0 Å². The van der Waals surface area contributed by atoms with Crippen LogP contribution in [0.3, 0.4) is 0 Å². The number of ether oxygens (including phenoxy) is 1. The van der Waals surface area contributed by atoms with Crippen molar-refractivity contribution < 1.29 is 18.7 Å². The van der Waals surface area contributed by atoms with Gasteiger partial charge in [0.2, 0.25) is 11.8 Å². The molecule has 29 heavy (non-hydrogen) atoms. The molecule has 8 heteroatoms. The normalized spacial score (nSPS) is 10.4. The van der Waals surface area contributed by atoms with Gasteiger partial charge in [0.25, 0.3) is 5.91 Å². The first-order valence-electron chi connectivity index (χ1n) is 9.03. The van der Waals surface area contributed by atoms with Gasteiger partial charge in [-0.3, -0.25) is 9.59 Å². The number of pyridine rings is 1. The summed E-state index contributed by atoms with van der Waals surface area (Å²) in [6, 6.07) is 14.0. The number of rotatable bonds is 8. The zero-order valence-electron chi connectivity index (χ0n) is 15.8. The van der Waals surface area contributed by atoms with E-state index >= 15 is 0 Å². The van der Waals surface area contributed by atoms with Gasteiger partial charge in [-0.2, -0.15) is 0 Å². The monoisotopic (exact) mass is 457 g/mol. The second kappa shape index (κ2) is 9.88. The highest BCUT2D eigenvalue weighted by atomic mass is 79.9. The van der Waals surface area contributed by atoms with Crippen LogP contribution in [-0.4, -0.2) is 23.4 Å². The average Bonchev–Trinajstić information content (AvgIpc) is 3.15. The molecule has 0 aliphatic carbocycles. The minimum atomic E-state index is -0.343. The summed E-state index contributed by atoms with van der Waals surface area (Å²) in [7, 11) is 0. The Morgan fingerprint density at radius 3 is 2.59 bits per heavy atom. The second-order valence-corrected chi connectivity index (χ2v) is 6.93. The maximum atomic E-state index is 12.2. The van der Waals surface area contributed by atoms with Gasteiger partial charge in [0.1, 0.15) is 0 Å². The van der Waals surface area contributed by atoms with Crippen molar-refractivity contribution in [2.24, 2.45) is 0 Å². The lowest BCUT2D eigenvalue weighted by atomic mass is 10.1. The van der Waals surface area contributed by atoms with Gasteiger partial charge in [-0.05, 0) is 64.3 Å². The number of hydrogen-bond donors (Lipinski definition) is 2. The van der Waals surface area contributed by atoms with E-state index in [1.54, 1.807) is 48.7 Å². The van der Waals surface area contributed by atoms with Crippen molar-refractivity contribution in [1.82, 2.24) is 10.3 Å². The molecular weight excluding hydrogens is 438 g/mol. The number of nitrogens with one attached hydrogen (secondary N) is 2. The third-order valence-corrected chi connectivity index (χ3v) is 4.38. The molecule has 2 N–H and O–H groups in total. The fourth-order valence-corrected chi connectivity index (χ4v) is 2.88. The summed E-state index contributed by atoms with van der Waals surface area (Å²) >= 11 is 3.16. The highest BCUT2D eigenvalue weighted by Gasteiger charge is 2.11. The molecule has 0 atom stereocenters. The molecule has 3 aromatic rings. The van der Waals surface area contributed by atoms with E-state index in [1.165, 1.54) is 0 Å². The van der Waals surface area contributed by atoms with E-state index in [-0.39, 0.29) is 24.0 Å². The Labute approximate surface area is 176 Å². The van der Waals surface area contributed by atoms with Crippen LogP contribution in [0.4, 0.5) is 5.69 Å². The van der Waals surface area contributed by atoms with Crippen LogP contribution in [0.1, 0.15) is 28.6 Å². The first kappa shape index (κ1) is 20.6. The molecule has 0 aliphatic heterocycles. The molecular formula is C21H20BrN3O4. The molecule has 2 aromatic heterocycles. The van der Waals surface area contributed by atoms with E-state index in [2.05, 4.69) is 31.5 Å². The SMILES string of the molecule is CCOc1cc(CNC(=O)Cc2ccc(NC(=O)c3ccc(Br)o3)cc2)ccn1. The summed E-state index contributed by atoms with van der Waals surface area (Å²) in [6.45, 7) is 2.83. The van der Waals surface area contributed by atoms with Gasteiger partial charge >= 0.3 is 0 Å². The van der Waals surface area contributed by atoms with E-state index in [0.717, 1.165) is 11.1 Å². The molecule has 1 aromatic carbocycles. The van der Waals surface area contributed by atoms with Crippen molar-refractivity contribution in [1.29, 1.82) is 0 Å². The smallest absolute Gasteiger partial charge is 0.291 e. The lowest BCUT2D eigenvalue weighted by Crippen LogP contribution is -2.24. The number of carbonyl (C=O) groups excluding carboxylic acids is 2. The summed E-state index contributed by atoms with van der Waals surface area (Å²) in [4.78, 5) is 28.4. The molecule has 7 nitrogen and oxygen atoms in total. The summed E-state index contributed by atoms with van der Waals surface area (Å²) in [5.74, 6) is 0.310. The van der Waals surface area contributed by atoms with Crippen molar-refractivity contribution in [3.8, 4) is 5.88 Å². The standard InChI is InChI=1S/C21H20BrN3O4/c1-2-28-20-12-15(9-10-23-20)13-24-19(26)11-14-3-5-16(6-4-14)25-21(27)17-7-8-18(22)29-17/h3-10,12H,2,11,13H2,1H3,(H,24,26)(H,25,27). The maximum absolute atomic E-state index is 12.2. The van der Waals surface area contributed by atoms with E-state index in [0.29, 0.717) is 29.4 Å². The number of carbonyl (C=O) groups is 2. The van der Waals surface area contributed by atoms with Crippen LogP contribution in [0.15, 0.2) is 63.8 Å². The minimum Gasteiger partial charge on any atom is -0.478 e. The predicted octanol–water partition coefficient (Wildman–Crippen LogP) is 3.95. The second-order valence-electron chi connectivity index (χ2n) is 6.14. The maximum Gasteiger partial charge on any atom is 0.291 e. The Bertz CT molecular complexity index is 986. The highest BCUT2D eigenvalue weighted by molar-refractivity contribution is 9.10. The molecule has 0 spiro atoms. The van der Waals surface area contributed by atoms with Crippen LogP contribution < -0.4 is 15.4 Å². The molecule has 0 unspecified atom stereocenters. The van der Waals surface area contributed by atoms with Crippen molar-refractivity contribution >= 4 is 33.4 Å². The zero-order chi connectivity index (χ0) is 20.6. The third-order valence-electron chi connectivity index (χ3n) is 3.95. The van der Waals surface area contributed by atoms with Crippen LogP contribution >= 0.6 is 15.9 Å². The summed E-state index contributed by atoms with van der Waals surface area (Å²) in [6.07, 6.45) is 1.89. The number of amides is 2. The van der Waals surface area contributed by atoms with Crippen LogP contribution in [-0.2, 0) is 17.8 Å². The number of benzene rings is 1. The number of furan rings is 1. The van der Waals surface area contributed by atoms with Crippen molar-refractivity contribution in [2.45, 2.75) is 19.9 Å². The first-order chi connectivity index (χ1) is 14.0. The Morgan fingerprint density at radius 1 is 1.10 bits per heavy atom. The molecule has 0 saturated heterocycles. The lowest BCUT2D eigenvalue weighted by molar-refractivity contribution is -0.120. The van der Waals surface area contributed by atoms with Crippen molar-refractivity contribution in [2.75, 3.05) is 11.9 Å². The van der Waals surface area contributed by atoms with Gasteiger partial charge in [-0.15, -0.1) is 0 Å². The predicted molar refractivity (Wildman–Crippen MR) is 112 cm³/mol. The molecule has 0 saturated carbocycles. The van der Waals surface area contributed by atoms with Gasteiger partial charge in [-0.1, -0.05) is 12.1 Å². The van der Waals surface area contributed by atoms with Gasteiger partial charge < -0.3 is 19.8 Å².